The van der Waals surface area contributed by atoms with E-state index in [9.17, 15) is 34.8 Å². The lowest BCUT2D eigenvalue weighted by atomic mass is 10.1. The fourth-order valence-corrected chi connectivity index (χ4v) is 4.95. The molecule has 1 atom stereocenters. The number of alkyl halides is 6. The molecule has 0 fully saturated rings. The Morgan fingerprint density at radius 1 is 0.970 bits per heavy atom. The largest absolute Gasteiger partial charge is 0.457 e. The first-order chi connectivity index (χ1) is 15.3. The summed E-state index contributed by atoms with van der Waals surface area (Å²) in [5.74, 6) is -2.59. The molecule has 1 unspecified atom stereocenters. The molecule has 12 heteroatoms. The molecule has 0 saturated carbocycles. The zero-order valence-corrected chi connectivity index (χ0v) is 17.7. The van der Waals surface area contributed by atoms with Crippen molar-refractivity contribution in [2.45, 2.75) is 12.4 Å². The normalized spacial score (nSPS) is 19.3. The number of ether oxygens (including phenoxy) is 1. The quantitative estimate of drug-likeness (QED) is 0.449. The van der Waals surface area contributed by atoms with Crippen LogP contribution in [-0.4, -0.2) is 33.4 Å². The summed E-state index contributed by atoms with van der Waals surface area (Å²) in [6.07, 6.45) is -5.76. The van der Waals surface area contributed by atoms with E-state index in [2.05, 4.69) is 0 Å². The Labute approximate surface area is 186 Å². The minimum Gasteiger partial charge on any atom is -0.457 e. The van der Waals surface area contributed by atoms with Crippen LogP contribution in [0.5, 0.6) is 11.5 Å². The highest BCUT2D eigenvalue weighted by Crippen LogP contribution is 2.39. The Morgan fingerprint density at radius 3 is 2.12 bits per heavy atom. The first-order valence-corrected chi connectivity index (χ1v) is 11.1. The molecule has 1 aliphatic rings. The van der Waals surface area contributed by atoms with Crippen molar-refractivity contribution in [2.24, 2.45) is 5.73 Å². The van der Waals surface area contributed by atoms with Gasteiger partial charge in [-0.1, -0.05) is 12.1 Å². The minimum absolute atomic E-state index is 0.0423. The molecule has 178 valence electrons. The number of para-hydroxylation sites is 1. The van der Waals surface area contributed by atoms with E-state index in [1.807, 2.05) is 0 Å². The van der Waals surface area contributed by atoms with E-state index in [0.29, 0.717) is 5.57 Å². The van der Waals surface area contributed by atoms with E-state index in [4.69, 9.17) is 10.5 Å². The van der Waals surface area contributed by atoms with Crippen LogP contribution in [-0.2, 0) is 16.2 Å². The van der Waals surface area contributed by atoms with E-state index >= 15 is 0 Å². The summed E-state index contributed by atoms with van der Waals surface area (Å²) in [7, 11) is -4.83. The Bertz CT molecular complexity index is 1170. The Balaban J connectivity index is 1.99. The van der Waals surface area contributed by atoms with Crippen LogP contribution in [0.4, 0.5) is 32.0 Å². The van der Waals surface area contributed by atoms with E-state index in [0.717, 1.165) is 18.3 Å². The van der Waals surface area contributed by atoms with Gasteiger partial charge in [0.1, 0.15) is 24.2 Å². The lowest BCUT2D eigenvalue weighted by Crippen LogP contribution is -2.53. The van der Waals surface area contributed by atoms with Crippen molar-refractivity contribution in [1.82, 2.24) is 3.89 Å². The molecule has 1 heterocycles. The van der Waals surface area contributed by atoms with Crippen LogP contribution in [0.15, 0.2) is 72.5 Å². The molecule has 0 aliphatic carbocycles. The Hall–Kier alpha value is -2.83. The van der Waals surface area contributed by atoms with Crippen molar-refractivity contribution in [3.05, 3.63) is 78.0 Å². The summed E-state index contributed by atoms with van der Waals surface area (Å²) in [5.41, 5.74) is 5.02. The van der Waals surface area contributed by atoms with Gasteiger partial charge in [-0.25, -0.2) is 0 Å². The van der Waals surface area contributed by atoms with Crippen LogP contribution in [0, 0.1) is 0 Å². The van der Waals surface area contributed by atoms with Gasteiger partial charge < -0.3 is 10.5 Å². The number of benzene rings is 2. The number of hydrogen-bond acceptors (Lipinski definition) is 4. The van der Waals surface area contributed by atoms with Crippen LogP contribution in [0.3, 0.4) is 0 Å². The standard InChI is InChI=1S/C21H19F6N2O3S/c22-20(23,24)14-33(30,31)29(11-9-15(13-28)10-12-29)16-5-7-17(8-6-16)32-19-4-2-1-3-18(19)21(25,26)27/h1-11H,12-14,28H2/q+1. The van der Waals surface area contributed by atoms with E-state index in [1.54, 1.807) is 0 Å². The number of quaternary nitrogens is 1. The van der Waals surface area contributed by atoms with Gasteiger partial charge in [-0.15, -0.1) is 0 Å². The van der Waals surface area contributed by atoms with Gasteiger partial charge in [-0.2, -0.15) is 38.6 Å². The third kappa shape index (κ3) is 5.40. The summed E-state index contributed by atoms with van der Waals surface area (Å²) in [6, 6.07) is 9.30. The zero-order chi connectivity index (χ0) is 24.5. The summed E-state index contributed by atoms with van der Waals surface area (Å²) < 4.78 is 108. The Morgan fingerprint density at radius 2 is 1.61 bits per heavy atom. The summed E-state index contributed by atoms with van der Waals surface area (Å²) in [4.78, 5) is 0. The number of sulfonamides is 1. The van der Waals surface area contributed by atoms with Gasteiger partial charge in [-0.05, 0) is 42.0 Å². The lowest BCUT2D eigenvalue weighted by molar-refractivity contribution is -0.138. The van der Waals surface area contributed by atoms with E-state index in [-0.39, 0.29) is 24.5 Å². The predicted molar refractivity (Wildman–Crippen MR) is 111 cm³/mol. The molecule has 0 amide bonds. The minimum atomic E-state index is -4.97. The van der Waals surface area contributed by atoms with Gasteiger partial charge >= 0.3 is 22.4 Å². The molecule has 0 aromatic heterocycles. The molecule has 5 nitrogen and oxygen atoms in total. The monoisotopic (exact) mass is 493 g/mol. The highest BCUT2D eigenvalue weighted by molar-refractivity contribution is 7.91. The second-order valence-electron chi connectivity index (χ2n) is 7.21. The second kappa shape index (κ2) is 8.84. The first-order valence-electron chi connectivity index (χ1n) is 9.48. The Kier molecular flexibility index (Phi) is 6.65. The summed E-state index contributed by atoms with van der Waals surface area (Å²) in [5, 5.41) is 0. The molecule has 3 rings (SSSR count). The molecule has 0 spiro atoms. The van der Waals surface area contributed by atoms with Gasteiger partial charge in [0.05, 0.1) is 5.56 Å². The van der Waals surface area contributed by atoms with E-state index in [1.165, 1.54) is 48.6 Å². The van der Waals surface area contributed by atoms with Crippen molar-refractivity contribution in [3.63, 3.8) is 0 Å². The molecule has 2 aromatic rings. The highest BCUT2D eigenvalue weighted by Gasteiger charge is 2.49. The molecular formula is C21H19F6N2O3S+. The van der Waals surface area contributed by atoms with Gasteiger partial charge in [-0.3, -0.25) is 0 Å². The maximum atomic E-state index is 13.2. The third-order valence-electron chi connectivity index (χ3n) is 4.93. The van der Waals surface area contributed by atoms with Gasteiger partial charge in [0, 0.05) is 18.7 Å². The molecule has 2 aromatic carbocycles. The van der Waals surface area contributed by atoms with Crippen molar-refractivity contribution in [1.29, 1.82) is 0 Å². The topological polar surface area (TPSA) is 69.4 Å². The maximum absolute atomic E-state index is 13.2. The SMILES string of the molecule is NCC1=CC[N+](c2ccc(Oc3ccccc3C(F)(F)F)cc2)(S(=O)(=O)CC(F)(F)F)C=C1. The maximum Gasteiger partial charge on any atom is 0.419 e. The fourth-order valence-electron chi connectivity index (χ4n) is 3.31. The third-order valence-corrected chi connectivity index (χ3v) is 7.09. The van der Waals surface area contributed by atoms with Gasteiger partial charge in [0.15, 0.2) is 11.4 Å². The van der Waals surface area contributed by atoms with Crippen molar-refractivity contribution >= 4 is 15.7 Å². The molecule has 0 saturated heterocycles. The smallest absolute Gasteiger partial charge is 0.419 e. The first kappa shape index (κ1) is 24.8. The second-order valence-corrected chi connectivity index (χ2v) is 9.31. The average Bonchev–Trinajstić information content (AvgIpc) is 2.72. The molecule has 0 radical (unpaired) electrons. The zero-order valence-electron chi connectivity index (χ0n) is 16.9. The van der Waals surface area contributed by atoms with Crippen molar-refractivity contribution in [3.8, 4) is 11.5 Å². The lowest BCUT2D eigenvalue weighted by Gasteiger charge is -2.34. The van der Waals surface area contributed by atoms with Crippen LogP contribution >= 0.6 is 0 Å². The van der Waals surface area contributed by atoms with Gasteiger partial charge in [0.2, 0.25) is 0 Å². The molecule has 0 bridgehead atoms. The van der Waals surface area contributed by atoms with Crippen molar-refractivity contribution in [2.75, 3.05) is 18.8 Å². The summed E-state index contributed by atoms with van der Waals surface area (Å²) >= 11 is 0. The number of nitrogens with two attached hydrogens (primary N) is 1. The van der Waals surface area contributed by atoms with Crippen molar-refractivity contribution < 1.29 is 39.5 Å². The number of halogens is 6. The molecule has 2 N–H and O–H groups in total. The fraction of sp³-hybridized carbons (Fsp3) is 0.238. The van der Waals surface area contributed by atoms with Crippen LogP contribution in [0.2, 0.25) is 0 Å². The number of rotatable bonds is 6. The molecule has 33 heavy (non-hydrogen) atoms. The highest BCUT2D eigenvalue weighted by atomic mass is 32.2. The number of nitrogens with zero attached hydrogens (tertiary/aromatic N) is 1. The van der Waals surface area contributed by atoms with Crippen LogP contribution in [0.25, 0.3) is 0 Å². The average molecular weight is 493 g/mol. The van der Waals surface area contributed by atoms with Crippen LogP contribution in [0.1, 0.15) is 5.56 Å². The predicted octanol–water partition coefficient (Wildman–Crippen LogP) is 5.11. The van der Waals surface area contributed by atoms with Crippen LogP contribution < -0.4 is 14.4 Å². The number of hydrogen-bond donors (Lipinski definition) is 1. The summed E-state index contributed by atoms with van der Waals surface area (Å²) in [6.45, 7) is -0.264. The van der Waals surface area contributed by atoms with Gasteiger partial charge in [0.25, 0.3) is 0 Å². The molecule has 1 aliphatic heterocycles. The molecular weight excluding hydrogens is 474 g/mol. The van der Waals surface area contributed by atoms with E-state index < -0.39 is 43.3 Å².